The van der Waals surface area contributed by atoms with E-state index in [-0.39, 0.29) is 23.9 Å². The van der Waals surface area contributed by atoms with Crippen molar-refractivity contribution in [2.45, 2.75) is 63.2 Å². The Kier molecular flexibility index (Phi) is 11.4. The predicted molar refractivity (Wildman–Crippen MR) is 223 cm³/mol. The fraction of sp³-hybridized carbons (Fsp3) is 0.311. The first kappa shape index (κ1) is 39.6. The maximum absolute atomic E-state index is 13.9. The highest BCUT2D eigenvalue weighted by atomic mass is 16.5. The third kappa shape index (κ3) is 8.22. The highest BCUT2D eigenvalue weighted by molar-refractivity contribution is 5.88. The lowest BCUT2D eigenvalue weighted by Gasteiger charge is -2.28. The summed E-state index contributed by atoms with van der Waals surface area (Å²) in [5.74, 6) is 7.43. The summed E-state index contributed by atoms with van der Waals surface area (Å²) in [6.45, 7) is 2.98. The summed E-state index contributed by atoms with van der Waals surface area (Å²) in [6.07, 6.45) is 4.06. The maximum Gasteiger partial charge on any atom is 0.407 e. The number of benzene rings is 3. The summed E-state index contributed by atoms with van der Waals surface area (Å²) in [5.41, 5.74) is 6.20. The van der Waals surface area contributed by atoms with Gasteiger partial charge in [-0.3, -0.25) is 9.59 Å². The summed E-state index contributed by atoms with van der Waals surface area (Å²) >= 11 is 0. The second kappa shape index (κ2) is 17.3. The molecule has 0 spiro atoms. The molecule has 4 atom stereocenters. The highest BCUT2D eigenvalue weighted by Gasteiger charge is 2.38. The number of pyridine rings is 1. The summed E-state index contributed by atoms with van der Waals surface area (Å²) in [4.78, 5) is 76.1. The lowest BCUT2D eigenvalue weighted by atomic mass is 10.1. The summed E-state index contributed by atoms with van der Waals surface area (Å²) in [6, 6.07) is 22.7. The third-order valence-electron chi connectivity index (χ3n) is 11.1. The molecule has 2 aliphatic heterocycles. The van der Waals surface area contributed by atoms with Crippen molar-refractivity contribution in [2.75, 3.05) is 27.3 Å². The van der Waals surface area contributed by atoms with Crippen molar-refractivity contribution in [1.82, 2.24) is 45.4 Å². The Labute approximate surface area is 346 Å². The van der Waals surface area contributed by atoms with Crippen molar-refractivity contribution in [3.63, 3.8) is 0 Å². The second-order valence-electron chi connectivity index (χ2n) is 14.8. The van der Waals surface area contributed by atoms with Crippen LogP contribution in [0.15, 0.2) is 85.1 Å². The Balaban J connectivity index is 0.952. The van der Waals surface area contributed by atoms with Gasteiger partial charge in [0, 0.05) is 29.6 Å². The molecular weight excluding hydrogens is 763 g/mol. The normalized spacial score (nSPS) is 17.2. The van der Waals surface area contributed by atoms with Crippen LogP contribution < -0.4 is 10.6 Å². The van der Waals surface area contributed by atoms with Gasteiger partial charge >= 0.3 is 12.2 Å². The number of methoxy groups -OCH3 is 2. The topological polar surface area (TPSA) is 188 Å². The fourth-order valence-electron chi connectivity index (χ4n) is 8.06. The number of amides is 4. The number of carbonyl (C=O) groups is 4. The van der Waals surface area contributed by atoms with Crippen LogP contribution in [-0.4, -0.2) is 92.1 Å². The molecule has 15 heteroatoms. The summed E-state index contributed by atoms with van der Waals surface area (Å²) < 4.78 is 9.54. The van der Waals surface area contributed by atoms with E-state index in [1.165, 1.54) is 14.2 Å². The molecule has 0 radical (unpaired) electrons. The lowest BCUT2D eigenvalue weighted by Crippen LogP contribution is -2.48. The summed E-state index contributed by atoms with van der Waals surface area (Å²) in [7, 11) is 2.55. The fourth-order valence-corrected chi connectivity index (χ4v) is 8.06. The number of carbonyl (C=O) groups excluding carboxylic acids is 4. The van der Waals surface area contributed by atoms with E-state index < -0.39 is 24.3 Å². The van der Waals surface area contributed by atoms with Gasteiger partial charge in [0.25, 0.3) is 5.91 Å². The predicted octanol–water partition coefficient (Wildman–Crippen LogP) is 6.46. The SMILES string of the molecule is CCC(NC(=O)OC)C(=O)N1CCCC1c1nc2ccc(C#Cc3ccc4cc(-c5cnc(C6CCCN6C(=O)C(NC(=O)OC)c6ccccc6)[nH]5)ccc4n3)cc2[nH]1. The lowest BCUT2D eigenvalue weighted by molar-refractivity contribution is -0.135. The van der Waals surface area contributed by atoms with Crippen LogP contribution in [0.25, 0.3) is 33.2 Å². The number of nitrogens with zero attached hydrogens (tertiary/aromatic N) is 5. The first-order valence-corrected chi connectivity index (χ1v) is 20.1. The molecule has 3 aromatic carbocycles. The molecule has 15 nitrogen and oxygen atoms in total. The van der Waals surface area contributed by atoms with E-state index in [0.29, 0.717) is 42.4 Å². The molecule has 2 saturated heterocycles. The van der Waals surface area contributed by atoms with E-state index in [2.05, 4.69) is 32.4 Å². The zero-order valence-corrected chi connectivity index (χ0v) is 33.5. The van der Waals surface area contributed by atoms with Crippen LogP contribution >= 0.6 is 0 Å². The van der Waals surface area contributed by atoms with Crippen LogP contribution in [0.4, 0.5) is 9.59 Å². The molecule has 2 fully saturated rings. The quantitative estimate of drug-likeness (QED) is 0.119. The number of nitrogens with one attached hydrogen (secondary N) is 4. The van der Waals surface area contributed by atoms with Gasteiger partial charge in [-0.05, 0) is 86.1 Å². The monoisotopic (exact) mass is 807 g/mol. The number of ether oxygens (including phenoxy) is 2. The molecule has 0 bridgehead atoms. The Bertz CT molecular complexity index is 2630. The number of aromatic nitrogens is 5. The van der Waals surface area contributed by atoms with Crippen LogP contribution in [0.2, 0.25) is 0 Å². The molecule has 4 amide bonds. The number of hydrogen-bond donors (Lipinski definition) is 4. The van der Waals surface area contributed by atoms with Gasteiger partial charge < -0.3 is 39.9 Å². The van der Waals surface area contributed by atoms with E-state index in [0.717, 1.165) is 64.4 Å². The number of rotatable bonds is 9. The van der Waals surface area contributed by atoms with E-state index in [1.54, 1.807) is 16.0 Å². The molecule has 4 N–H and O–H groups in total. The Morgan fingerprint density at radius 3 is 2.25 bits per heavy atom. The van der Waals surface area contributed by atoms with Crippen molar-refractivity contribution < 1.29 is 28.7 Å². The van der Waals surface area contributed by atoms with E-state index in [1.807, 2.05) is 85.8 Å². The van der Waals surface area contributed by atoms with Gasteiger partial charge in [-0.2, -0.15) is 0 Å². The first-order valence-electron chi connectivity index (χ1n) is 20.1. The van der Waals surface area contributed by atoms with Crippen molar-refractivity contribution in [2.24, 2.45) is 0 Å². The van der Waals surface area contributed by atoms with E-state index in [9.17, 15) is 19.2 Å². The number of imidazole rings is 2. The zero-order valence-electron chi connectivity index (χ0n) is 33.5. The largest absolute Gasteiger partial charge is 0.453 e. The van der Waals surface area contributed by atoms with Gasteiger partial charge in [-0.25, -0.2) is 24.5 Å². The minimum Gasteiger partial charge on any atom is -0.453 e. The molecule has 4 unspecified atom stereocenters. The highest BCUT2D eigenvalue weighted by Crippen LogP contribution is 2.35. The van der Waals surface area contributed by atoms with Gasteiger partial charge in [0.1, 0.15) is 29.4 Å². The molecule has 6 aromatic rings. The summed E-state index contributed by atoms with van der Waals surface area (Å²) in [5, 5.41) is 6.28. The Hall–Kier alpha value is -7.21. The van der Waals surface area contributed by atoms with Crippen LogP contribution in [0.5, 0.6) is 0 Å². The van der Waals surface area contributed by atoms with Crippen molar-refractivity contribution >= 4 is 45.9 Å². The Morgan fingerprint density at radius 2 is 1.50 bits per heavy atom. The van der Waals surface area contributed by atoms with Crippen LogP contribution in [0, 0.1) is 11.8 Å². The molecule has 60 heavy (non-hydrogen) atoms. The molecule has 2 aliphatic rings. The van der Waals surface area contributed by atoms with Crippen LogP contribution in [0.1, 0.15) is 85.6 Å². The van der Waals surface area contributed by atoms with E-state index in [4.69, 9.17) is 24.4 Å². The molecule has 8 rings (SSSR count). The smallest absolute Gasteiger partial charge is 0.407 e. The second-order valence-corrected chi connectivity index (χ2v) is 14.8. The van der Waals surface area contributed by atoms with Gasteiger partial charge in [-0.15, -0.1) is 0 Å². The Morgan fingerprint density at radius 1 is 0.783 bits per heavy atom. The molecule has 5 heterocycles. The third-order valence-corrected chi connectivity index (χ3v) is 11.1. The minimum absolute atomic E-state index is 0.154. The minimum atomic E-state index is -0.892. The standard InChI is InChI=1S/C45H45N9O6/c1-4-32(51-44(57)59-2)42(55)53-22-9-13-38(53)41-48-34-20-15-27(24-35(34)49-41)14-18-31-19-16-29-25-30(17-21-33(29)47-31)36-26-46-40(50-36)37-12-8-23-54(37)43(56)39(52-45(58)60-3)28-10-6-5-7-11-28/h5-7,10-11,15-17,19-21,24-26,32,37-39H,4,8-9,12-13,22-23H2,1-3H3,(H,46,50)(H,48,49)(H,51,57)(H,52,58). The first-order chi connectivity index (χ1) is 29.2. The van der Waals surface area contributed by atoms with Crippen LogP contribution in [0.3, 0.4) is 0 Å². The van der Waals surface area contributed by atoms with Gasteiger partial charge in [-0.1, -0.05) is 49.2 Å². The average molecular weight is 808 g/mol. The number of fused-ring (bicyclic) bond motifs is 2. The molecule has 0 aliphatic carbocycles. The molecule has 0 saturated carbocycles. The number of aromatic amines is 2. The maximum atomic E-state index is 13.9. The molecular formula is C45H45N9O6. The molecule has 306 valence electrons. The van der Waals surface area contributed by atoms with Gasteiger partial charge in [0.15, 0.2) is 0 Å². The number of likely N-dealkylation sites (tertiary alicyclic amines) is 2. The average Bonchev–Trinajstić information content (AvgIpc) is 4.13. The van der Waals surface area contributed by atoms with Crippen molar-refractivity contribution in [3.05, 3.63) is 114 Å². The zero-order chi connectivity index (χ0) is 41.8. The van der Waals surface area contributed by atoms with E-state index >= 15 is 0 Å². The molecule has 3 aromatic heterocycles. The van der Waals surface area contributed by atoms with Crippen molar-refractivity contribution in [3.8, 4) is 23.1 Å². The van der Waals surface area contributed by atoms with Crippen LogP contribution in [-0.2, 0) is 19.1 Å². The van der Waals surface area contributed by atoms with Gasteiger partial charge in [0.2, 0.25) is 5.91 Å². The number of H-pyrrole nitrogens is 2. The number of alkyl carbamates (subject to hydrolysis) is 2. The van der Waals surface area contributed by atoms with Crippen molar-refractivity contribution in [1.29, 1.82) is 0 Å². The number of hydrogen-bond acceptors (Lipinski definition) is 9. The van der Waals surface area contributed by atoms with Gasteiger partial charge in [0.05, 0.1) is 54.7 Å².